The number of carbonyl (C=O) groups is 1. The number of nitro benzene ring substituents is 1. The highest BCUT2D eigenvalue weighted by Gasteiger charge is 2.28. The molecule has 1 aliphatic rings. The van der Waals surface area contributed by atoms with Crippen molar-refractivity contribution in [3.63, 3.8) is 0 Å². The van der Waals surface area contributed by atoms with Crippen molar-refractivity contribution in [2.75, 3.05) is 0 Å². The van der Waals surface area contributed by atoms with Crippen LogP contribution in [-0.2, 0) is 4.74 Å². The van der Waals surface area contributed by atoms with Gasteiger partial charge in [0.2, 0.25) is 0 Å². The number of benzene rings is 1. The van der Waals surface area contributed by atoms with Crippen LogP contribution in [0.4, 0.5) is 14.5 Å². The smallest absolute Gasteiger partial charge is 0.345 e. The van der Waals surface area contributed by atoms with Crippen LogP contribution in [-0.4, -0.2) is 17.0 Å². The van der Waals surface area contributed by atoms with Crippen molar-refractivity contribution in [3.8, 4) is 0 Å². The highest BCUT2D eigenvalue weighted by atomic mass is 19.2. The van der Waals surface area contributed by atoms with Gasteiger partial charge in [-0.1, -0.05) is 0 Å². The lowest BCUT2D eigenvalue weighted by Gasteiger charge is -2.11. The molecular weight excluding hydrogens is 260 g/mol. The number of nitro groups is 1. The first-order valence-corrected chi connectivity index (χ1v) is 5.83. The molecule has 0 unspecified atom stereocenters. The molecule has 0 amide bonds. The van der Waals surface area contributed by atoms with Crippen molar-refractivity contribution in [2.24, 2.45) is 0 Å². The van der Waals surface area contributed by atoms with Crippen molar-refractivity contribution in [3.05, 3.63) is 39.4 Å². The van der Waals surface area contributed by atoms with Gasteiger partial charge in [0.1, 0.15) is 11.7 Å². The highest BCUT2D eigenvalue weighted by Crippen LogP contribution is 2.26. The molecule has 0 spiro atoms. The van der Waals surface area contributed by atoms with E-state index in [0.29, 0.717) is 25.0 Å². The van der Waals surface area contributed by atoms with Gasteiger partial charge in [-0.3, -0.25) is 10.1 Å². The molecule has 2 rings (SSSR count). The molecule has 19 heavy (non-hydrogen) atoms. The molecular formula is C12H11F2NO4. The topological polar surface area (TPSA) is 69.4 Å². The van der Waals surface area contributed by atoms with Gasteiger partial charge in [-0.15, -0.1) is 0 Å². The van der Waals surface area contributed by atoms with Crippen LogP contribution in [0.25, 0.3) is 0 Å². The van der Waals surface area contributed by atoms with E-state index in [4.69, 9.17) is 4.74 Å². The lowest BCUT2D eigenvalue weighted by Crippen LogP contribution is -2.16. The molecule has 0 aromatic heterocycles. The van der Waals surface area contributed by atoms with Crippen LogP contribution in [0.15, 0.2) is 12.1 Å². The van der Waals surface area contributed by atoms with Crippen LogP contribution in [0, 0.1) is 21.7 Å². The molecule has 5 nitrogen and oxygen atoms in total. The predicted molar refractivity (Wildman–Crippen MR) is 60.7 cm³/mol. The van der Waals surface area contributed by atoms with Gasteiger partial charge in [0.15, 0.2) is 11.6 Å². The summed E-state index contributed by atoms with van der Waals surface area (Å²) in [6, 6.07) is 0.894. The molecule has 0 aliphatic heterocycles. The van der Waals surface area contributed by atoms with Crippen molar-refractivity contribution in [2.45, 2.75) is 31.8 Å². The summed E-state index contributed by atoms with van der Waals surface area (Å²) in [5, 5.41) is 10.7. The molecule has 7 heteroatoms. The fourth-order valence-electron chi connectivity index (χ4n) is 2.07. The zero-order chi connectivity index (χ0) is 14.0. The summed E-state index contributed by atoms with van der Waals surface area (Å²) >= 11 is 0. The number of hydrogen-bond acceptors (Lipinski definition) is 4. The Morgan fingerprint density at radius 3 is 2.42 bits per heavy atom. The van der Waals surface area contributed by atoms with E-state index < -0.39 is 33.8 Å². The lowest BCUT2D eigenvalue weighted by atomic mass is 10.1. The summed E-state index contributed by atoms with van der Waals surface area (Å²) < 4.78 is 31.1. The molecule has 0 bridgehead atoms. The van der Waals surface area contributed by atoms with Gasteiger partial charge in [0.05, 0.1) is 11.0 Å². The number of halogens is 2. The van der Waals surface area contributed by atoms with Crippen LogP contribution < -0.4 is 0 Å². The fraction of sp³-hybridized carbons (Fsp3) is 0.417. The Kier molecular flexibility index (Phi) is 3.73. The van der Waals surface area contributed by atoms with E-state index in [9.17, 15) is 23.7 Å². The lowest BCUT2D eigenvalue weighted by molar-refractivity contribution is -0.385. The first kappa shape index (κ1) is 13.4. The molecule has 1 saturated carbocycles. The Labute approximate surface area is 107 Å². The Bertz CT molecular complexity index is 527. The molecule has 1 aliphatic carbocycles. The van der Waals surface area contributed by atoms with Gasteiger partial charge in [0.25, 0.3) is 5.69 Å². The Balaban J connectivity index is 2.28. The number of hydrogen-bond donors (Lipinski definition) is 0. The van der Waals surface area contributed by atoms with Gasteiger partial charge >= 0.3 is 5.97 Å². The van der Waals surface area contributed by atoms with Gasteiger partial charge in [0, 0.05) is 0 Å². The maximum Gasteiger partial charge on any atom is 0.345 e. The fourth-order valence-corrected chi connectivity index (χ4v) is 2.07. The second-order valence-corrected chi connectivity index (χ2v) is 4.35. The second kappa shape index (κ2) is 5.29. The summed E-state index contributed by atoms with van der Waals surface area (Å²) in [6.07, 6.45) is 2.89. The largest absolute Gasteiger partial charge is 0.459 e. The maximum atomic E-state index is 13.1. The molecule has 0 heterocycles. The van der Waals surface area contributed by atoms with E-state index in [1.807, 2.05) is 0 Å². The molecule has 1 aromatic carbocycles. The van der Waals surface area contributed by atoms with E-state index in [1.165, 1.54) is 0 Å². The third-order valence-electron chi connectivity index (χ3n) is 3.03. The summed E-state index contributed by atoms with van der Waals surface area (Å²) in [6.45, 7) is 0. The van der Waals surface area contributed by atoms with Crippen LogP contribution in [0.3, 0.4) is 0 Å². The zero-order valence-electron chi connectivity index (χ0n) is 9.90. The molecule has 0 N–H and O–H groups in total. The normalized spacial score (nSPS) is 15.5. The average molecular weight is 271 g/mol. The monoisotopic (exact) mass is 271 g/mol. The van der Waals surface area contributed by atoms with E-state index in [2.05, 4.69) is 0 Å². The third kappa shape index (κ3) is 2.86. The molecule has 0 radical (unpaired) electrons. The minimum Gasteiger partial charge on any atom is -0.459 e. The Morgan fingerprint density at radius 1 is 1.26 bits per heavy atom. The minimum atomic E-state index is -1.37. The first-order valence-electron chi connectivity index (χ1n) is 5.83. The number of nitrogens with zero attached hydrogens (tertiary/aromatic N) is 1. The Hall–Kier alpha value is -2.05. The van der Waals surface area contributed by atoms with E-state index in [1.54, 1.807) is 0 Å². The third-order valence-corrected chi connectivity index (χ3v) is 3.03. The van der Waals surface area contributed by atoms with Gasteiger partial charge < -0.3 is 4.74 Å². The van der Waals surface area contributed by atoms with Gasteiger partial charge in [-0.25, -0.2) is 13.6 Å². The molecule has 1 fully saturated rings. The average Bonchev–Trinajstić information content (AvgIpc) is 2.84. The standard InChI is InChI=1S/C12H11F2NO4/c13-9-5-8(11(15(17)18)6-10(9)14)12(16)19-7-3-1-2-4-7/h5-7H,1-4H2. The van der Waals surface area contributed by atoms with Crippen LogP contribution in [0.1, 0.15) is 36.0 Å². The number of rotatable bonds is 3. The van der Waals surface area contributed by atoms with E-state index in [-0.39, 0.29) is 6.10 Å². The number of esters is 1. The van der Waals surface area contributed by atoms with Crippen LogP contribution >= 0.6 is 0 Å². The predicted octanol–water partition coefficient (Wildman–Crippen LogP) is 2.97. The van der Waals surface area contributed by atoms with Crippen LogP contribution in [0.2, 0.25) is 0 Å². The second-order valence-electron chi connectivity index (χ2n) is 4.35. The maximum absolute atomic E-state index is 13.1. The molecule has 0 atom stereocenters. The van der Waals surface area contributed by atoms with E-state index in [0.717, 1.165) is 12.8 Å². The highest BCUT2D eigenvalue weighted by molar-refractivity contribution is 5.94. The zero-order valence-corrected chi connectivity index (χ0v) is 9.90. The van der Waals surface area contributed by atoms with Crippen LogP contribution in [0.5, 0.6) is 0 Å². The summed E-state index contributed by atoms with van der Waals surface area (Å²) in [4.78, 5) is 21.6. The van der Waals surface area contributed by atoms with E-state index >= 15 is 0 Å². The Morgan fingerprint density at radius 2 is 1.84 bits per heavy atom. The summed E-state index contributed by atoms with van der Waals surface area (Å²) in [5.74, 6) is -3.68. The van der Waals surface area contributed by atoms with Gasteiger partial charge in [-0.2, -0.15) is 0 Å². The summed E-state index contributed by atoms with van der Waals surface area (Å²) in [5.41, 5.74) is -1.35. The molecule has 102 valence electrons. The van der Waals surface area contributed by atoms with Crippen molar-refractivity contribution in [1.29, 1.82) is 0 Å². The first-order chi connectivity index (χ1) is 8.99. The molecule has 1 aromatic rings. The molecule has 0 saturated heterocycles. The quantitative estimate of drug-likeness (QED) is 0.481. The van der Waals surface area contributed by atoms with Crippen molar-refractivity contribution in [1.82, 2.24) is 0 Å². The van der Waals surface area contributed by atoms with Gasteiger partial charge in [-0.05, 0) is 31.7 Å². The van der Waals surface area contributed by atoms with Crippen molar-refractivity contribution < 1.29 is 23.2 Å². The SMILES string of the molecule is O=C(OC1CCCC1)c1cc(F)c(F)cc1[N+](=O)[O-]. The minimum absolute atomic E-state index is 0.305. The summed E-state index contributed by atoms with van der Waals surface area (Å²) in [7, 11) is 0. The van der Waals surface area contributed by atoms with Crippen molar-refractivity contribution >= 4 is 11.7 Å². The number of ether oxygens (including phenoxy) is 1. The number of carbonyl (C=O) groups excluding carboxylic acids is 1.